The minimum Gasteiger partial charge on any atom is -0.352 e. The van der Waals surface area contributed by atoms with Crippen molar-refractivity contribution in [3.05, 3.63) is 66.2 Å². The Balaban J connectivity index is 1.66. The molecule has 5 rings (SSSR count). The third-order valence-electron chi connectivity index (χ3n) is 6.21. The van der Waals surface area contributed by atoms with Gasteiger partial charge in [-0.15, -0.1) is 5.10 Å². The number of anilines is 1. The van der Waals surface area contributed by atoms with Gasteiger partial charge in [-0.2, -0.15) is 0 Å². The van der Waals surface area contributed by atoms with Crippen LogP contribution in [0.4, 0.5) is 10.2 Å². The van der Waals surface area contributed by atoms with Crippen molar-refractivity contribution in [3.63, 3.8) is 0 Å². The second-order valence-electron chi connectivity index (χ2n) is 8.77. The fourth-order valence-electron chi connectivity index (χ4n) is 4.33. The minimum atomic E-state index is -0.280. The van der Waals surface area contributed by atoms with Gasteiger partial charge in [-0.3, -0.25) is 4.98 Å². The lowest BCUT2D eigenvalue weighted by molar-refractivity contribution is 0.367. The highest BCUT2D eigenvalue weighted by molar-refractivity contribution is 5.81. The highest BCUT2D eigenvalue weighted by atomic mass is 19.1. The van der Waals surface area contributed by atoms with E-state index in [1.165, 1.54) is 12.1 Å². The average molecular weight is 446 g/mol. The third kappa shape index (κ3) is 4.19. The number of nitrogens with one attached hydrogen (secondary N) is 1. The summed E-state index contributed by atoms with van der Waals surface area (Å²) in [5, 5.41) is 8.61. The quantitative estimate of drug-likeness (QED) is 0.489. The smallest absolute Gasteiger partial charge is 0.155 e. The van der Waals surface area contributed by atoms with Gasteiger partial charge in [-0.1, -0.05) is 13.8 Å². The summed E-state index contributed by atoms with van der Waals surface area (Å²) in [6.07, 6.45) is 1.75. The number of fused-ring (bicyclic) bond motifs is 1. The van der Waals surface area contributed by atoms with Crippen LogP contribution >= 0.6 is 0 Å². The fourth-order valence-corrected chi connectivity index (χ4v) is 4.33. The van der Waals surface area contributed by atoms with E-state index < -0.39 is 0 Å². The summed E-state index contributed by atoms with van der Waals surface area (Å²) < 4.78 is 15.5. The molecule has 1 atom stereocenters. The summed E-state index contributed by atoms with van der Waals surface area (Å²) >= 11 is 0. The molecule has 7 nitrogen and oxygen atoms in total. The second kappa shape index (κ2) is 8.88. The molecular formula is C25H28FN7. The monoisotopic (exact) mass is 445 g/mol. The molecule has 0 aliphatic carbocycles. The summed E-state index contributed by atoms with van der Waals surface area (Å²) in [5.41, 5.74) is 10.7. The van der Waals surface area contributed by atoms with Gasteiger partial charge in [0.15, 0.2) is 5.65 Å². The van der Waals surface area contributed by atoms with E-state index >= 15 is 0 Å². The van der Waals surface area contributed by atoms with Crippen LogP contribution in [0.25, 0.3) is 28.2 Å². The highest BCUT2D eigenvalue weighted by Gasteiger charge is 2.24. The van der Waals surface area contributed by atoms with E-state index in [9.17, 15) is 4.39 Å². The number of halogens is 1. The fraction of sp³-hybridized carbons (Fsp3) is 0.320. The Morgan fingerprint density at radius 3 is 2.70 bits per heavy atom. The lowest BCUT2D eigenvalue weighted by Gasteiger charge is -2.36. The Labute approximate surface area is 192 Å². The molecule has 0 amide bonds. The average Bonchev–Trinajstić information content (AvgIpc) is 3.23. The lowest BCUT2D eigenvalue weighted by atomic mass is 10.0. The van der Waals surface area contributed by atoms with Crippen LogP contribution in [0.1, 0.15) is 19.5 Å². The van der Waals surface area contributed by atoms with E-state index in [0.717, 1.165) is 59.3 Å². The number of rotatable bonds is 5. The van der Waals surface area contributed by atoms with Crippen molar-refractivity contribution in [2.75, 3.05) is 24.5 Å². The van der Waals surface area contributed by atoms with Crippen LogP contribution in [0, 0.1) is 11.7 Å². The molecule has 0 spiro atoms. The summed E-state index contributed by atoms with van der Waals surface area (Å²) in [7, 11) is 0. The largest absolute Gasteiger partial charge is 0.352 e. The summed E-state index contributed by atoms with van der Waals surface area (Å²) in [6, 6.07) is 14.7. The molecule has 1 saturated heterocycles. The van der Waals surface area contributed by atoms with Crippen molar-refractivity contribution in [1.29, 1.82) is 0 Å². The van der Waals surface area contributed by atoms with Gasteiger partial charge in [0, 0.05) is 49.5 Å². The molecule has 8 heteroatoms. The van der Waals surface area contributed by atoms with Gasteiger partial charge in [0.05, 0.1) is 11.4 Å². The molecule has 1 fully saturated rings. The molecule has 4 heterocycles. The number of nitrogens with zero attached hydrogens (tertiary/aromatic N) is 5. The number of benzene rings is 1. The maximum absolute atomic E-state index is 13.6. The number of nitrogens with two attached hydrogens (primary N) is 1. The molecule has 0 saturated carbocycles. The van der Waals surface area contributed by atoms with Crippen LogP contribution in [-0.4, -0.2) is 45.3 Å². The zero-order valence-electron chi connectivity index (χ0n) is 18.9. The molecule has 170 valence electrons. The number of hydrogen-bond donors (Lipinski definition) is 2. The van der Waals surface area contributed by atoms with Crippen molar-refractivity contribution < 1.29 is 4.39 Å². The predicted molar refractivity (Wildman–Crippen MR) is 128 cm³/mol. The number of piperazine rings is 1. The maximum Gasteiger partial charge on any atom is 0.155 e. The molecular weight excluding hydrogens is 417 g/mol. The highest BCUT2D eigenvalue weighted by Crippen LogP contribution is 2.33. The zero-order chi connectivity index (χ0) is 22.9. The van der Waals surface area contributed by atoms with E-state index in [1.807, 2.05) is 28.8 Å². The Bertz CT molecular complexity index is 1270. The summed E-state index contributed by atoms with van der Waals surface area (Å²) in [5.74, 6) is 1.17. The number of aromatic nitrogens is 4. The third-order valence-corrected chi connectivity index (χ3v) is 6.21. The van der Waals surface area contributed by atoms with E-state index in [4.69, 9.17) is 15.8 Å². The standard InChI is InChI=1S/C25H28FN7/c1-16(2)21-15-32(12-11-29-21)23-8-7-22-30-24(17-3-5-19(26)6-4-17)25(33(22)31-23)18-9-10-28-20(13-18)14-27/h3-10,13,16,21,29H,11-12,14-15,27H2,1-2H3/t21-/m0/s1. The Kier molecular flexibility index (Phi) is 5.78. The molecule has 0 unspecified atom stereocenters. The van der Waals surface area contributed by atoms with Crippen LogP contribution < -0.4 is 16.0 Å². The molecule has 0 bridgehead atoms. The predicted octanol–water partition coefficient (Wildman–Crippen LogP) is 3.49. The molecule has 33 heavy (non-hydrogen) atoms. The maximum atomic E-state index is 13.6. The summed E-state index contributed by atoms with van der Waals surface area (Å²) in [4.78, 5) is 11.5. The van der Waals surface area contributed by atoms with Crippen molar-refractivity contribution in [2.45, 2.75) is 26.4 Å². The molecule has 0 radical (unpaired) electrons. The van der Waals surface area contributed by atoms with Gasteiger partial charge in [-0.05, 0) is 54.4 Å². The van der Waals surface area contributed by atoms with Crippen LogP contribution in [-0.2, 0) is 6.54 Å². The normalized spacial score (nSPS) is 16.6. The van der Waals surface area contributed by atoms with Gasteiger partial charge in [0.2, 0.25) is 0 Å². The number of hydrogen-bond acceptors (Lipinski definition) is 6. The topological polar surface area (TPSA) is 84.4 Å². The first kappa shape index (κ1) is 21.5. The molecule has 1 aliphatic heterocycles. The number of pyridine rings is 1. The molecule has 3 aromatic heterocycles. The first-order chi connectivity index (χ1) is 16.0. The minimum absolute atomic E-state index is 0.280. The van der Waals surface area contributed by atoms with Gasteiger partial charge in [-0.25, -0.2) is 13.9 Å². The van der Waals surface area contributed by atoms with E-state index in [1.54, 1.807) is 18.3 Å². The van der Waals surface area contributed by atoms with Gasteiger partial charge in [0.1, 0.15) is 17.3 Å². The Morgan fingerprint density at radius 1 is 1.12 bits per heavy atom. The SMILES string of the molecule is CC(C)[C@@H]1CN(c2ccc3nc(-c4ccc(F)cc4)c(-c4ccnc(CN)c4)n3n2)CCN1. The van der Waals surface area contributed by atoms with Crippen molar-refractivity contribution in [3.8, 4) is 22.5 Å². The van der Waals surface area contributed by atoms with Crippen LogP contribution in [0.5, 0.6) is 0 Å². The molecule has 3 N–H and O–H groups in total. The van der Waals surface area contributed by atoms with Crippen LogP contribution in [0.2, 0.25) is 0 Å². The van der Waals surface area contributed by atoms with Gasteiger partial charge in [0.25, 0.3) is 0 Å². The van der Waals surface area contributed by atoms with Crippen molar-refractivity contribution >= 4 is 11.5 Å². The Morgan fingerprint density at radius 2 is 1.94 bits per heavy atom. The number of imidazole rings is 1. The first-order valence-electron chi connectivity index (χ1n) is 11.3. The summed E-state index contributed by atoms with van der Waals surface area (Å²) in [6.45, 7) is 7.52. The lowest BCUT2D eigenvalue weighted by Crippen LogP contribution is -2.53. The van der Waals surface area contributed by atoms with E-state index in [0.29, 0.717) is 18.5 Å². The molecule has 1 aliphatic rings. The van der Waals surface area contributed by atoms with Crippen LogP contribution in [0.3, 0.4) is 0 Å². The van der Waals surface area contributed by atoms with Gasteiger partial charge < -0.3 is 16.0 Å². The Hall–Kier alpha value is -3.36. The van der Waals surface area contributed by atoms with E-state index in [2.05, 4.69) is 29.0 Å². The molecule has 1 aromatic carbocycles. The van der Waals surface area contributed by atoms with E-state index in [-0.39, 0.29) is 5.82 Å². The molecule has 4 aromatic rings. The van der Waals surface area contributed by atoms with Crippen molar-refractivity contribution in [1.82, 2.24) is 24.9 Å². The first-order valence-corrected chi connectivity index (χ1v) is 11.3. The van der Waals surface area contributed by atoms with Crippen molar-refractivity contribution in [2.24, 2.45) is 11.7 Å². The van der Waals surface area contributed by atoms with Crippen LogP contribution in [0.15, 0.2) is 54.7 Å². The zero-order valence-corrected chi connectivity index (χ0v) is 18.9. The second-order valence-corrected chi connectivity index (χ2v) is 8.77. The van der Waals surface area contributed by atoms with Gasteiger partial charge >= 0.3 is 0 Å².